The third-order valence-corrected chi connectivity index (χ3v) is 4.20. The number of anilines is 1. The Morgan fingerprint density at radius 3 is 2.73 bits per heavy atom. The average Bonchev–Trinajstić information content (AvgIpc) is 2.25. The minimum atomic E-state index is 0.326. The van der Waals surface area contributed by atoms with Crippen molar-refractivity contribution in [1.82, 2.24) is 0 Å². The van der Waals surface area contributed by atoms with Gasteiger partial charge in [-0.2, -0.15) is 11.8 Å². The number of rotatable bonds is 2. The first-order chi connectivity index (χ1) is 7.25. The first kappa shape index (κ1) is 10.7. The molecule has 0 amide bonds. The monoisotopic (exact) mass is 223 g/mol. The molecule has 1 heterocycles. The largest absolute Gasteiger partial charge is 0.508 e. The fourth-order valence-corrected chi connectivity index (χ4v) is 3.03. The Kier molecular flexibility index (Phi) is 3.41. The van der Waals surface area contributed by atoms with Crippen molar-refractivity contribution in [3.8, 4) is 5.75 Å². The highest BCUT2D eigenvalue weighted by atomic mass is 32.2. The van der Waals surface area contributed by atoms with Crippen molar-refractivity contribution in [2.75, 3.05) is 11.1 Å². The number of hydrogen-bond donors (Lipinski definition) is 2. The van der Waals surface area contributed by atoms with Crippen LogP contribution < -0.4 is 5.32 Å². The van der Waals surface area contributed by atoms with E-state index in [9.17, 15) is 5.11 Å². The van der Waals surface area contributed by atoms with Gasteiger partial charge in [0.25, 0.3) is 0 Å². The molecule has 0 aliphatic carbocycles. The fourth-order valence-electron chi connectivity index (χ4n) is 1.88. The van der Waals surface area contributed by atoms with Crippen LogP contribution in [0.2, 0.25) is 0 Å². The number of phenolic OH excluding ortho intramolecular Hbond substituents is 1. The summed E-state index contributed by atoms with van der Waals surface area (Å²) in [5.41, 5.74) is 1.10. The Labute approximate surface area is 95.1 Å². The predicted molar refractivity (Wildman–Crippen MR) is 66.7 cm³/mol. The molecular formula is C12H17NOS. The lowest BCUT2D eigenvalue weighted by Gasteiger charge is -2.29. The molecule has 2 rings (SSSR count). The van der Waals surface area contributed by atoms with Crippen LogP contribution in [0, 0.1) is 0 Å². The molecule has 1 aromatic rings. The van der Waals surface area contributed by atoms with E-state index < -0.39 is 0 Å². The Morgan fingerprint density at radius 1 is 1.33 bits per heavy atom. The van der Waals surface area contributed by atoms with Crippen molar-refractivity contribution in [2.45, 2.75) is 31.1 Å². The SMILES string of the molecule is CC1SCCCC1Nc1ccc(O)cc1. The van der Waals surface area contributed by atoms with E-state index in [4.69, 9.17) is 0 Å². The lowest BCUT2D eigenvalue weighted by molar-refractivity contribution is 0.475. The zero-order valence-electron chi connectivity index (χ0n) is 8.94. The van der Waals surface area contributed by atoms with Gasteiger partial charge < -0.3 is 10.4 Å². The van der Waals surface area contributed by atoms with Gasteiger partial charge in [-0.15, -0.1) is 0 Å². The van der Waals surface area contributed by atoms with Gasteiger partial charge in [-0.3, -0.25) is 0 Å². The second-order valence-electron chi connectivity index (χ2n) is 4.02. The Morgan fingerprint density at radius 2 is 2.07 bits per heavy atom. The molecule has 82 valence electrons. The van der Waals surface area contributed by atoms with Crippen LogP contribution in [0.25, 0.3) is 0 Å². The van der Waals surface area contributed by atoms with Gasteiger partial charge in [0.05, 0.1) is 0 Å². The fraction of sp³-hybridized carbons (Fsp3) is 0.500. The van der Waals surface area contributed by atoms with Crippen LogP contribution in [0.3, 0.4) is 0 Å². The van der Waals surface area contributed by atoms with Crippen LogP contribution in [-0.4, -0.2) is 22.2 Å². The van der Waals surface area contributed by atoms with Crippen molar-refractivity contribution in [2.24, 2.45) is 0 Å². The van der Waals surface area contributed by atoms with Gasteiger partial charge in [-0.1, -0.05) is 6.92 Å². The van der Waals surface area contributed by atoms with Crippen LogP contribution in [0.1, 0.15) is 19.8 Å². The molecule has 2 N–H and O–H groups in total. The molecule has 1 aliphatic rings. The summed E-state index contributed by atoms with van der Waals surface area (Å²) >= 11 is 2.04. The number of nitrogens with one attached hydrogen (secondary N) is 1. The van der Waals surface area contributed by atoms with Crippen LogP contribution in [0.15, 0.2) is 24.3 Å². The van der Waals surface area contributed by atoms with E-state index in [1.54, 1.807) is 12.1 Å². The van der Waals surface area contributed by atoms with Crippen LogP contribution in [-0.2, 0) is 0 Å². The third kappa shape index (κ3) is 2.81. The summed E-state index contributed by atoms with van der Waals surface area (Å²) < 4.78 is 0. The summed E-state index contributed by atoms with van der Waals surface area (Å²) in [7, 11) is 0. The molecular weight excluding hydrogens is 206 g/mol. The Balaban J connectivity index is 1.98. The average molecular weight is 223 g/mol. The van der Waals surface area contributed by atoms with E-state index in [-0.39, 0.29) is 0 Å². The molecule has 2 unspecified atom stereocenters. The van der Waals surface area contributed by atoms with E-state index in [2.05, 4.69) is 12.2 Å². The third-order valence-electron chi connectivity index (χ3n) is 2.83. The standard InChI is InChI=1S/C12H17NOS/c1-9-12(3-2-8-15-9)13-10-4-6-11(14)7-5-10/h4-7,9,12-14H,2-3,8H2,1H3. The number of thioether (sulfide) groups is 1. The maximum atomic E-state index is 9.18. The van der Waals surface area contributed by atoms with Gasteiger partial charge in [0, 0.05) is 17.0 Å². The summed E-state index contributed by atoms with van der Waals surface area (Å²) in [5, 5.41) is 13.4. The Hall–Kier alpha value is -0.830. The lowest BCUT2D eigenvalue weighted by atomic mass is 10.1. The molecule has 2 nitrogen and oxygen atoms in total. The molecule has 1 aliphatic heterocycles. The normalized spacial score (nSPS) is 26.2. The molecule has 0 aromatic heterocycles. The van der Waals surface area contributed by atoms with Crippen LogP contribution in [0.4, 0.5) is 5.69 Å². The molecule has 1 saturated heterocycles. The number of aromatic hydroxyl groups is 1. The highest BCUT2D eigenvalue weighted by Gasteiger charge is 2.21. The maximum Gasteiger partial charge on any atom is 0.115 e. The van der Waals surface area contributed by atoms with Crippen molar-refractivity contribution in [3.63, 3.8) is 0 Å². The molecule has 0 spiro atoms. The van der Waals surface area contributed by atoms with Gasteiger partial charge in [-0.25, -0.2) is 0 Å². The van der Waals surface area contributed by atoms with Crippen molar-refractivity contribution in [1.29, 1.82) is 0 Å². The van der Waals surface area contributed by atoms with Crippen molar-refractivity contribution in [3.05, 3.63) is 24.3 Å². The summed E-state index contributed by atoms with van der Waals surface area (Å²) in [6.07, 6.45) is 2.54. The molecule has 0 saturated carbocycles. The highest BCUT2D eigenvalue weighted by Crippen LogP contribution is 2.28. The first-order valence-corrected chi connectivity index (χ1v) is 6.48. The maximum absolute atomic E-state index is 9.18. The van der Waals surface area contributed by atoms with E-state index in [1.807, 2.05) is 23.9 Å². The molecule has 15 heavy (non-hydrogen) atoms. The molecule has 0 radical (unpaired) electrons. The lowest BCUT2D eigenvalue weighted by Crippen LogP contribution is -2.32. The van der Waals surface area contributed by atoms with E-state index in [1.165, 1.54) is 18.6 Å². The zero-order valence-corrected chi connectivity index (χ0v) is 9.76. The minimum absolute atomic E-state index is 0.326. The second-order valence-corrected chi connectivity index (χ2v) is 5.50. The molecule has 0 bridgehead atoms. The van der Waals surface area contributed by atoms with Gasteiger partial charge in [-0.05, 0) is 42.9 Å². The zero-order chi connectivity index (χ0) is 10.7. The number of benzene rings is 1. The summed E-state index contributed by atoms with van der Waals surface area (Å²) in [4.78, 5) is 0. The second kappa shape index (κ2) is 4.79. The highest BCUT2D eigenvalue weighted by molar-refractivity contribution is 8.00. The Bertz CT molecular complexity index is 312. The van der Waals surface area contributed by atoms with Crippen molar-refractivity contribution < 1.29 is 5.11 Å². The van der Waals surface area contributed by atoms with E-state index in [0.29, 0.717) is 17.0 Å². The van der Waals surface area contributed by atoms with Crippen LogP contribution >= 0.6 is 11.8 Å². The predicted octanol–water partition coefficient (Wildman–Crippen LogP) is 3.09. The summed E-state index contributed by atoms with van der Waals surface area (Å²) in [6, 6.07) is 7.88. The van der Waals surface area contributed by atoms with Gasteiger partial charge in [0.2, 0.25) is 0 Å². The van der Waals surface area contributed by atoms with Crippen molar-refractivity contribution >= 4 is 17.4 Å². The number of phenols is 1. The molecule has 1 aromatic carbocycles. The number of hydrogen-bond acceptors (Lipinski definition) is 3. The van der Waals surface area contributed by atoms with E-state index >= 15 is 0 Å². The summed E-state index contributed by atoms with van der Waals surface area (Å²) in [6.45, 7) is 2.28. The van der Waals surface area contributed by atoms with Gasteiger partial charge in [0.1, 0.15) is 5.75 Å². The molecule has 2 atom stereocenters. The topological polar surface area (TPSA) is 32.3 Å². The molecule has 1 fully saturated rings. The quantitative estimate of drug-likeness (QED) is 0.756. The van der Waals surface area contributed by atoms with Gasteiger partial charge in [0.15, 0.2) is 0 Å². The smallest absolute Gasteiger partial charge is 0.115 e. The summed E-state index contributed by atoms with van der Waals surface area (Å²) in [5.74, 6) is 1.61. The first-order valence-electron chi connectivity index (χ1n) is 5.43. The van der Waals surface area contributed by atoms with Gasteiger partial charge >= 0.3 is 0 Å². The minimum Gasteiger partial charge on any atom is -0.508 e. The van der Waals surface area contributed by atoms with E-state index in [0.717, 1.165) is 5.69 Å². The van der Waals surface area contributed by atoms with Crippen LogP contribution in [0.5, 0.6) is 5.75 Å². The molecule has 3 heteroatoms.